The molecule has 6 heteroatoms. The number of carbonyl (C=O) groups is 1. The first-order chi connectivity index (χ1) is 13.3. The SMILES string of the molecule is O=C(C1CCC1)N1CCCC[C@H]1c1nnc(-c2nccc3ccccc23)o1. The van der Waals surface area contributed by atoms with Gasteiger partial charge in [-0.05, 0) is 43.6 Å². The lowest BCUT2D eigenvalue weighted by atomic mass is 9.83. The normalized spacial score (nSPS) is 20.6. The Labute approximate surface area is 157 Å². The predicted molar refractivity (Wildman–Crippen MR) is 101 cm³/mol. The summed E-state index contributed by atoms with van der Waals surface area (Å²) >= 11 is 0. The van der Waals surface area contributed by atoms with Crippen molar-refractivity contribution in [3.8, 4) is 11.6 Å². The Morgan fingerprint density at radius 1 is 1.04 bits per heavy atom. The molecule has 3 aromatic rings. The van der Waals surface area contributed by atoms with Gasteiger partial charge in [0.05, 0.1) is 0 Å². The van der Waals surface area contributed by atoms with Crippen LogP contribution in [0, 0.1) is 5.92 Å². The maximum absolute atomic E-state index is 12.8. The zero-order valence-electron chi connectivity index (χ0n) is 15.2. The fourth-order valence-electron chi connectivity index (χ4n) is 4.10. The van der Waals surface area contributed by atoms with Crippen molar-refractivity contribution in [3.63, 3.8) is 0 Å². The number of piperidine rings is 1. The molecule has 1 aromatic carbocycles. The number of hydrogen-bond donors (Lipinski definition) is 0. The Balaban J connectivity index is 1.47. The third kappa shape index (κ3) is 2.89. The van der Waals surface area contributed by atoms with Crippen LogP contribution in [-0.4, -0.2) is 32.5 Å². The average molecular weight is 362 g/mol. The minimum Gasteiger partial charge on any atom is -0.417 e. The summed E-state index contributed by atoms with van der Waals surface area (Å²) in [5, 5.41) is 10.6. The van der Waals surface area contributed by atoms with Crippen molar-refractivity contribution in [3.05, 3.63) is 42.4 Å². The van der Waals surface area contributed by atoms with Gasteiger partial charge in [0.1, 0.15) is 11.7 Å². The fraction of sp³-hybridized carbons (Fsp3) is 0.429. The molecule has 0 spiro atoms. The number of carbonyl (C=O) groups excluding carboxylic acids is 1. The molecule has 1 atom stereocenters. The Kier molecular flexibility index (Phi) is 4.11. The second kappa shape index (κ2) is 6.76. The van der Waals surface area contributed by atoms with E-state index < -0.39 is 0 Å². The number of amides is 1. The molecule has 1 amide bonds. The standard InChI is InChI=1S/C21H22N4O2/c26-21(15-7-5-8-15)25-13-4-3-10-17(25)19-23-24-20(27-19)18-16-9-2-1-6-14(16)11-12-22-18/h1-2,6,9,11-12,15,17H,3-5,7-8,10,13H2/t17-/m0/s1. The second-order valence-electron chi connectivity index (χ2n) is 7.50. The van der Waals surface area contributed by atoms with Crippen molar-refractivity contribution in [1.29, 1.82) is 0 Å². The van der Waals surface area contributed by atoms with E-state index in [1.807, 2.05) is 35.2 Å². The van der Waals surface area contributed by atoms with E-state index in [1.54, 1.807) is 6.20 Å². The van der Waals surface area contributed by atoms with E-state index >= 15 is 0 Å². The number of fused-ring (bicyclic) bond motifs is 1. The first-order valence-corrected chi connectivity index (χ1v) is 9.79. The number of rotatable bonds is 3. The highest BCUT2D eigenvalue weighted by Gasteiger charge is 2.37. The van der Waals surface area contributed by atoms with Crippen molar-refractivity contribution in [2.45, 2.75) is 44.6 Å². The van der Waals surface area contributed by atoms with Gasteiger partial charge >= 0.3 is 0 Å². The van der Waals surface area contributed by atoms with Crippen LogP contribution in [0.5, 0.6) is 0 Å². The van der Waals surface area contributed by atoms with Crippen molar-refractivity contribution >= 4 is 16.7 Å². The van der Waals surface area contributed by atoms with Gasteiger partial charge in [0.25, 0.3) is 5.89 Å². The Morgan fingerprint density at radius 3 is 2.78 bits per heavy atom. The van der Waals surface area contributed by atoms with Gasteiger partial charge in [-0.1, -0.05) is 30.7 Å². The number of aromatic nitrogens is 3. The van der Waals surface area contributed by atoms with Crippen molar-refractivity contribution < 1.29 is 9.21 Å². The van der Waals surface area contributed by atoms with Crippen LogP contribution < -0.4 is 0 Å². The molecule has 0 N–H and O–H groups in total. The number of benzene rings is 1. The van der Waals surface area contributed by atoms with Crippen LogP contribution in [0.25, 0.3) is 22.4 Å². The summed E-state index contributed by atoms with van der Waals surface area (Å²) in [6.07, 6.45) is 7.93. The maximum atomic E-state index is 12.8. The highest BCUT2D eigenvalue weighted by atomic mass is 16.4. The van der Waals surface area contributed by atoms with Gasteiger partial charge in [-0.2, -0.15) is 0 Å². The minimum absolute atomic E-state index is 0.108. The average Bonchev–Trinajstić information content (AvgIpc) is 3.16. The van der Waals surface area contributed by atoms with Crippen LogP contribution in [0.1, 0.15) is 50.5 Å². The second-order valence-corrected chi connectivity index (χ2v) is 7.50. The fourth-order valence-corrected chi connectivity index (χ4v) is 4.10. The van der Waals surface area contributed by atoms with E-state index in [9.17, 15) is 4.79 Å². The van der Waals surface area contributed by atoms with Gasteiger partial charge in [-0.3, -0.25) is 9.78 Å². The molecule has 1 aliphatic heterocycles. The van der Waals surface area contributed by atoms with Crippen LogP contribution in [0.3, 0.4) is 0 Å². The van der Waals surface area contributed by atoms with E-state index in [4.69, 9.17) is 4.42 Å². The first kappa shape index (κ1) is 16.4. The Morgan fingerprint density at radius 2 is 1.93 bits per heavy atom. The van der Waals surface area contributed by atoms with Gasteiger partial charge in [0.2, 0.25) is 11.8 Å². The number of likely N-dealkylation sites (tertiary alicyclic amines) is 1. The van der Waals surface area contributed by atoms with E-state index in [-0.39, 0.29) is 17.9 Å². The molecular formula is C21H22N4O2. The largest absolute Gasteiger partial charge is 0.417 e. The topological polar surface area (TPSA) is 72.1 Å². The number of nitrogens with zero attached hydrogens (tertiary/aromatic N) is 4. The van der Waals surface area contributed by atoms with Crippen LogP contribution >= 0.6 is 0 Å². The molecule has 0 bridgehead atoms. The zero-order valence-corrected chi connectivity index (χ0v) is 15.2. The maximum Gasteiger partial charge on any atom is 0.267 e. The number of hydrogen-bond acceptors (Lipinski definition) is 5. The van der Waals surface area contributed by atoms with Crippen LogP contribution in [0.15, 0.2) is 40.9 Å². The van der Waals surface area contributed by atoms with E-state index in [0.29, 0.717) is 17.5 Å². The van der Waals surface area contributed by atoms with Crippen LogP contribution in [0.2, 0.25) is 0 Å². The molecule has 0 radical (unpaired) electrons. The highest BCUT2D eigenvalue weighted by molar-refractivity contribution is 5.92. The lowest BCUT2D eigenvalue weighted by Gasteiger charge is -2.38. The van der Waals surface area contributed by atoms with E-state index in [0.717, 1.165) is 55.8 Å². The molecule has 2 aromatic heterocycles. The lowest BCUT2D eigenvalue weighted by Crippen LogP contribution is -2.43. The monoisotopic (exact) mass is 362 g/mol. The zero-order chi connectivity index (χ0) is 18.2. The third-order valence-corrected chi connectivity index (χ3v) is 5.84. The quantitative estimate of drug-likeness (QED) is 0.700. The molecule has 2 fully saturated rings. The van der Waals surface area contributed by atoms with Crippen LogP contribution in [-0.2, 0) is 4.79 Å². The van der Waals surface area contributed by atoms with E-state index in [2.05, 4.69) is 15.2 Å². The summed E-state index contributed by atoms with van der Waals surface area (Å²) in [5.74, 6) is 1.40. The van der Waals surface area contributed by atoms with Crippen molar-refractivity contribution in [1.82, 2.24) is 20.1 Å². The number of pyridine rings is 1. The van der Waals surface area contributed by atoms with Crippen LogP contribution in [0.4, 0.5) is 0 Å². The molecule has 5 rings (SSSR count). The summed E-state index contributed by atoms with van der Waals surface area (Å²) in [6.45, 7) is 0.782. The Bertz CT molecular complexity index is 974. The molecule has 1 saturated carbocycles. The highest BCUT2D eigenvalue weighted by Crippen LogP contribution is 2.37. The van der Waals surface area contributed by atoms with Gasteiger partial charge in [0.15, 0.2) is 0 Å². The molecule has 1 aliphatic carbocycles. The first-order valence-electron chi connectivity index (χ1n) is 9.79. The molecule has 0 unspecified atom stereocenters. The molecular weight excluding hydrogens is 340 g/mol. The molecule has 138 valence electrons. The molecule has 1 saturated heterocycles. The van der Waals surface area contributed by atoms with Crippen molar-refractivity contribution in [2.75, 3.05) is 6.54 Å². The molecule has 6 nitrogen and oxygen atoms in total. The summed E-state index contributed by atoms with van der Waals surface area (Å²) in [6, 6.07) is 9.88. The minimum atomic E-state index is -0.108. The summed E-state index contributed by atoms with van der Waals surface area (Å²) < 4.78 is 6.05. The summed E-state index contributed by atoms with van der Waals surface area (Å²) in [4.78, 5) is 19.3. The summed E-state index contributed by atoms with van der Waals surface area (Å²) in [5.41, 5.74) is 0.694. The van der Waals surface area contributed by atoms with Gasteiger partial charge < -0.3 is 9.32 Å². The van der Waals surface area contributed by atoms with E-state index in [1.165, 1.54) is 0 Å². The summed E-state index contributed by atoms with van der Waals surface area (Å²) in [7, 11) is 0. The van der Waals surface area contributed by atoms with Gasteiger partial charge in [-0.15, -0.1) is 10.2 Å². The van der Waals surface area contributed by atoms with Crippen molar-refractivity contribution in [2.24, 2.45) is 5.92 Å². The Hall–Kier alpha value is -2.76. The third-order valence-electron chi connectivity index (χ3n) is 5.84. The molecule has 27 heavy (non-hydrogen) atoms. The van der Waals surface area contributed by atoms with Gasteiger partial charge in [0, 0.05) is 24.0 Å². The molecule has 2 aliphatic rings. The predicted octanol–water partition coefficient (Wildman–Crippen LogP) is 4.14. The molecule has 3 heterocycles. The smallest absolute Gasteiger partial charge is 0.267 e. The lowest BCUT2D eigenvalue weighted by molar-refractivity contribution is -0.142. The van der Waals surface area contributed by atoms with Gasteiger partial charge in [-0.25, -0.2) is 0 Å².